The van der Waals surface area contributed by atoms with E-state index >= 15 is 0 Å². The number of aromatic amines is 1. The maximum atomic E-state index is 13.5. The number of hydrogen-bond acceptors (Lipinski definition) is 4. The SMILES string of the molecule is Cc1nc2ncc(N3CCC4(C(=O)NCc5cc(F)cc(Cl)c5)C=C34)cc2[nH]1. The standard InChI is InChI=1S/C20H17ClFN5O/c1-11-25-16-7-15(10-23-18(16)26-11)27-3-2-20(8-17(20)27)19(28)24-9-12-4-13(21)6-14(22)5-12/h4-8,10H,2-3,9H2,1H3,(H,24,28)(H,23,25,26). The van der Waals surface area contributed by atoms with Gasteiger partial charge in [0.05, 0.1) is 17.4 Å². The first-order chi connectivity index (χ1) is 13.4. The van der Waals surface area contributed by atoms with Crippen molar-refractivity contribution < 1.29 is 9.18 Å². The largest absolute Gasteiger partial charge is 0.351 e. The highest BCUT2D eigenvalue weighted by atomic mass is 35.5. The number of nitrogens with one attached hydrogen (secondary N) is 2. The molecule has 3 heterocycles. The quantitative estimate of drug-likeness (QED) is 0.707. The van der Waals surface area contributed by atoms with Crippen molar-refractivity contribution in [3.63, 3.8) is 0 Å². The molecule has 1 aliphatic carbocycles. The monoisotopic (exact) mass is 397 g/mol. The molecule has 5 rings (SSSR count). The van der Waals surface area contributed by atoms with Crippen molar-refractivity contribution in [3.05, 3.63) is 64.5 Å². The maximum absolute atomic E-state index is 13.5. The first-order valence-electron chi connectivity index (χ1n) is 9.01. The highest BCUT2D eigenvalue weighted by Gasteiger charge is 2.57. The molecular weight excluding hydrogens is 381 g/mol. The van der Waals surface area contributed by atoms with Crippen molar-refractivity contribution in [1.82, 2.24) is 20.3 Å². The van der Waals surface area contributed by atoms with Crippen LogP contribution in [0.25, 0.3) is 11.2 Å². The van der Waals surface area contributed by atoms with Crippen LogP contribution in [0.5, 0.6) is 0 Å². The molecule has 0 saturated carbocycles. The van der Waals surface area contributed by atoms with E-state index in [2.05, 4.69) is 25.2 Å². The number of pyridine rings is 1. The second kappa shape index (κ2) is 6.04. The number of rotatable bonds is 4. The van der Waals surface area contributed by atoms with E-state index in [-0.39, 0.29) is 12.5 Å². The lowest BCUT2D eigenvalue weighted by atomic mass is 10.00. The van der Waals surface area contributed by atoms with Crippen molar-refractivity contribution >= 4 is 34.4 Å². The van der Waals surface area contributed by atoms with Gasteiger partial charge >= 0.3 is 0 Å². The molecule has 8 heteroatoms. The number of hydrogen-bond donors (Lipinski definition) is 2. The van der Waals surface area contributed by atoms with Crippen LogP contribution in [0.1, 0.15) is 17.8 Å². The number of aryl methyl sites for hydroxylation is 1. The van der Waals surface area contributed by atoms with Gasteiger partial charge in [0.15, 0.2) is 5.65 Å². The Balaban J connectivity index is 1.29. The van der Waals surface area contributed by atoms with E-state index in [1.54, 1.807) is 12.3 Å². The summed E-state index contributed by atoms with van der Waals surface area (Å²) in [5.74, 6) is 0.332. The zero-order valence-electron chi connectivity index (χ0n) is 15.1. The van der Waals surface area contributed by atoms with Crippen molar-refractivity contribution in [3.8, 4) is 0 Å². The summed E-state index contributed by atoms with van der Waals surface area (Å²) in [7, 11) is 0. The van der Waals surface area contributed by atoms with Gasteiger partial charge in [-0.2, -0.15) is 0 Å². The Morgan fingerprint density at radius 1 is 1.39 bits per heavy atom. The summed E-state index contributed by atoms with van der Waals surface area (Å²) in [6.45, 7) is 2.87. The van der Waals surface area contributed by atoms with Crippen molar-refractivity contribution in [2.75, 3.05) is 11.4 Å². The summed E-state index contributed by atoms with van der Waals surface area (Å²) >= 11 is 5.88. The van der Waals surface area contributed by atoms with Crippen LogP contribution in [0, 0.1) is 18.2 Å². The van der Waals surface area contributed by atoms with E-state index in [1.165, 1.54) is 12.1 Å². The van der Waals surface area contributed by atoms with Crippen molar-refractivity contribution in [2.24, 2.45) is 5.41 Å². The fourth-order valence-corrected chi connectivity index (χ4v) is 4.14. The number of carbonyl (C=O) groups is 1. The summed E-state index contributed by atoms with van der Waals surface area (Å²) in [6.07, 6.45) is 4.47. The number of fused-ring (bicyclic) bond motifs is 2. The number of amides is 1. The summed E-state index contributed by atoms with van der Waals surface area (Å²) in [6, 6.07) is 6.27. The predicted octanol–water partition coefficient (Wildman–Crippen LogP) is 3.47. The van der Waals surface area contributed by atoms with Crippen LogP contribution in [0.3, 0.4) is 0 Å². The predicted molar refractivity (Wildman–Crippen MR) is 104 cm³/mol. The van der Waals surface area contributed by atoms with E-state index in [0.29, 0.717) is 22.7 Å². The number of halogens is 2. The molecule has 2 N–H and O–H groups in total. The van der Waals surface area contributed by atoms with E-state index < -0.39 is 11.2 Å². The molecule has 28 heavy (non-hydrogen) atoms. The van der Waals surface area contributed by atoms with Gasteiger partial charge in [-0.05, 0) is 49.2 Å². The number of benzene rings is 1. The van der Waals surface area contributed by atoms with Crippen LogP contribution in [-0.2, 0) is 11.3 Å². The molecule has 1 saturated heterocycles. The van der Waals surface area contributed by atoms with Gasteiger partial charge in [-0.15, -0.1) is 0 Å². The lowest BCUT2D eigenvalue weighted by molar-refractivity contribution is -0.125. The first kappa shape index (κ1) is 17.2. The molecule has 0 bridgehead atoms. The van der Waals surface area contributed by atoms with E-state index in [4.69, 9.17) is 11.6 Å². The van der Waals surface area contributed by atoms with Gasteiger partial charge in [-0.1, -0.05) is 11.6 Å². The molecule has 1 aromatic carbocycles. The van der Waals surface area contributed by atoms with Crippen LogP contribution in [0.4, 0.5) is 10.1 Å². The number of carbonyl (C=O) groups excluding carboxylic acids is 1. The van der Waals surface area contributed by atoms with E-state index in [9.17, 15) is 9.18 Å². The second-order valence-electron chi connectivity index (χ2n) is 7.25. The van der Waals surface area contributed by atoms with Gasteiger partial charge in [0.25, 0.3) is 0 Å². The van der Waals surface area contributed by atoms with Crippen LogP contribution >= 0.6 is 11.6 Å². The average molecular weight is 398 g/mol. The molecule has 1 amide bonds. The molecule has 0 spiro atoms. The topological polar surface area (TPSA) is 73.9 Å². The normalized spacial score (nSPS) is 20.2. The molecule has 3 aromatic rings. The summed E-state index contributed by atoms with van der Waals surface area (Å²) < 4.78 is 13.5. The number of aromatic nitrogens is 3. The molecular formula is C20H17ClFN5O. The second-order valence-corrected chi connectivity index (χ2v) is 7.69. The summed E-state index contributed by atoms with van der Waals surface area (Å²) in [5.41, 5.74) is 3.54. The summed E-state index contributed by atoms with van der Waals surface area (Å²) in [4.78, 5) is 26.8. The third-order valence-electron chi connectivity index (χ3n) is 5.31. The van der Waals surface area contributed by atoms with Gasteiger partial charge in [0.2, 0.25) is 5.91 Å². The molecule has 2 aromatic heterocycles. The highest BCUT2D eigenvalue weighted by molar-refractivity contribution is 6.30. The van der Waals surface area contributed by atoms with Gasteiger partial charge in [0.1, 0.15) is 17.1 Å². The Kier molecular flexibility index (Phi) is 3.71. The third-order valence-corrected chi connectivity index (χ3v) is 5.53. The van der Waals surface area contributed by atoms with Crippen LogP contribution in [-0.4, -0.2) is 27.4 Å². The van der Waals surface area contributed by atoms with Gasteiger partial charge in [0, 0.05) is 23.8 Å². The Morgan fingerprint density at radius 3 is 3.04 bits per heavy atom. The number of nitrogens with zero attached hydrogens (tertiary/aromatic N) is 3. The van der Waals surface area contributed by atoms with Crippen LogP contribution in [0.15, 0.2) is 42.2 Å². The molecule has 1 aliphatic heterocycles. The van der Waals surface area contributed by atoms with Gasteiger partial charge in [-0.3, -0.25) is 4.79 Å². The number of imidazole rings is 1. The first-order valence-corrected chi connectivity index (χ1v) is 9.39. The van der Waals surface area contributed by atoms with Gasteiger partial charge < -0.3 is 15.2 Å². The third kappa shape index (κ3) is 2.74. The molecule has 2 aliphatic rings. The minimum Gasteiger partial charge on any atom is -0.351 e. The smallest absolute Gasteiger partial charge is 0.236 e. The molecule has 6 nitrogen and oxygen atoms in total. The lowest BCUT2D eigenvalue weighted by Crippen LogP contribution is -2.32. The van der Waals surface area contributed by atoms with Crippen molar-refractivity contribution in [2.45, 2.75) is 19.9 Å². The Labute approximate surface area is 165 Å². The molecule has 1 fully saturated rings. The Hall–Kier alpha value is -2.93. The fourth-order valence-electron chi connectivity index (χ4n) is 3.90. The minimum absolute atomic E-state index is 0.0724. The molecule has 1 atom stereocenters. The van der Waals surface area contributed by atoms with E-state index in [1.807, 2.05) is 19.1 Å². The Bertz CT molecular complexity index is 1140. The van der Waals surface area contributed by atoms with Crippen LogP contribution in [0.2, 0.25) is 5.02 Å². The fraction of sp³-hybridized carbons (Fsp3) is 0.250. The summed E-state index contributed by atoms with van der Waals surface area (Å²) in [5, 5.41) is 3.22. The van der Waals surface area contributed by atoms with Crippen LogP contribution < -0.4 is 10.2 Å². The molecule has 0 radical (unpaired) electrons. The number of H-pyrrole nitrogens is 1. The zero-order chi connectivity index (χ0) is 19.5. The highest BCUT2D eigenvalue weighted by Crippen LogP contribution is 2.55. The average Bonchev–Trinajstić information content (AvgIpc) is 3.07. The molecule has 142 valence electrons. The lowest BCUT2D eigenvalue weighted by Gasteiger charge is -2.16. The molecule has 1 unspecified atom stereocenters. The number of anilines is 1. The minimum atomic E-state index is -0.573. The van der Waals surface area contributed by atoms with E-state index in [0.717, 1.165) is 29.3 Å². The maximum Gasteiger partial charge on any atom is 0.236 e. The zero-order valence-corrected chi connectivity index (χ0v) is 15.8. The van der Waals surface area contributed by atoms with Gasteiger partial charge in [-0.25, -0.2) is 14.4 Å². The Morgan fingerprint density at radius 2 is 2.25 bits per heavy atom. The van der Waals surface area contributed by atoms with Crippen molar-refractivity contribution in [1.29, 1.82) is 0 Å².